The highest BCUT2D eigenvalue weighted by molar-refractivity contribution is 8.01. The third-order valence-electron chi connectivity index (χ3n) is 3.70. The molecule has 2 atom stereocenters. The summed E-state index contributed by atoms with van der Waals surface area (Å²) < 4.78 is 0. The monoisotopic (exact) mass is 317 g/mol. The molecule has 0 spiro atoms. The fourth-order valence-electron chi connectivity index (χ4n) is 2.59. The zero-order chi connectivity index (χ0) is 15.0. The zero-order valence-corrected chi connectivity index (χ0v) is 13.5. The minimum absolute atomic E-state index is 0.0640. The molecular weight excluding hydrogens is 302 g/mol. The van der Waals surface area contributed by atoms with Crippen LogP contribution in [0, 0.1) is 6.92 Å². The maximum absolute atomic E-state index is 12.6. The molecule has 108 valence electrons. The van der Waals surface area contributed by atoms with Gasteiger partial charge in [-0.3, -0.25) is 9.69 Å². The lowest BCUT2D eigenvalue weighted by molar-refractivity contribution is -0.117. The first-order valence-corrected chi connectivity index (χ1v) is 8.20. The van der Waals surface area contributed by atoms with Crippen LogP contribution in [0.15, 0.2) is 48.5 Å². The van der Waals surface area contributed by atoms with Gasteiger partial charge < -0.3 is 0 Å². The first-order chi connectivity index (χ1) is 10.1. The van der Waals surface area contributed by atoms with Crippen molar-refractivity contribution in [1.82, 2.24) is 0 Å². The molecule has 4 heteroatoms. The van der Waals surface area contributed by atoms with Crippen molar-refractivity contribution < 1.29 is 4.79 Å². The molecule has 1 heterocycles. The van der Waals surface area contributed by atoms with Gasteiger partial charge in [-0.05, 0) is 31.5 Å². The third kappa shape index (κ3) is 2.56. The van der Waals surface area contributed by atoms with E-state index < -0.39 is 0 Å². The van der Waals surface area contributed by atoms with Crippen LogP contribution in [0.2, 0.25) is 5.02 Å². The Labute approximate surface area is 134 Å². The van der Waals surface area contributed by atoms with Crippen molar-refractivity contribution in [2.24, 2.45) is 0 Å². The van der Waals surface area contributed by atoms with Gasteiger partial charge in [-0.25, -0.2) is 0 Å². The summed E-state index contributed by atoms with van der Waals surface area (Å²) in [6, 6.07) is 15.7. The van der Waals surface area contributed by atoms with Gasteiger partial charge >= 0.3 is 0 Å². The Hall–Kier alpha value is -1.45. The number of hydrogen-bond donors (Lipinski definition) is 0. The Morgan fingerprint density at radius 2 is 1.76 bits per heavy atom. The quantitative estimate of drug-likeness (QED) is 0.791. The Morgan fingerprint density at radius 3 is 2.48 bits per heavy atom. The van der Waals surface area contributed by atoms with Gasteiger partial charge in [0.1, 0.15) is 5.37 Å². The lowest BCUT2D eigenvalue weighted by atomic mass is 10.1. The second-order valence-electron chi connectivity index (χ2n) is 5.15. The third-order valence-corrected chi connectivity index (χ3v) is 5.38. The summed E-state index contributed by atoms with van der Waals surface area (Å²) in [6.45, 7) is 3.98. The number of hydrogen-bond acceptors (Lipinski definition) is 2. The molecule has 1 aliphatic rings. The van der Waals surface area contributed by atoms with E-state index in [9.17, 15) is 4.79 Å². The molecule has 3 rings (SSSR count). The molecule has 2 unspecified atom stereocenters. The van der Waals surface area contributed by atoms with Gasteiger partial charge in [0.15, 0.2) is 0 Å². The maximum atomic E-state index is 12.6. The van der Waals surface area contributed by atoms with E-state index in [0.717, 1.165) is 16.8 Å². The number of anilines is 1. The molecule has 0 bridgehead atoms. The molecule has 1 fully saturated rings. The molecule has 0 radical (unpaired) electrons. The van der Waals surface area contributed by atoms with Crippen LogP contribution < -0.4 is 4.90 Å². The number of amides is 1. The number of carbonyl (C=O) groups is 1. The molecular formula is C17H16ClNOS. The van der Waals surface area contributed by atoms with Gasteiger partial charge in [0.2, 0.25) is 5.91 Å². The predicted molar refractivity (Wildman–Crippen MR) is 89.9 cm³/mol. The smallest absolute Gasteiger partial charge is 0.241 e. The van der Waals surface area contributed by atoms with Crippen LogP contribution in [0.1, 0.15) is 23.4 Å². The van der Waals surface area contributed by atoms with Crippen molar-refractivity contribution in [3.63, 3.8) is 0 Å². The number of rotatable bonds is 2. The van der Waals surface area contributed by atoms with Crippen molar-refractivity contribution >= 4 is 35.0 Å². The standard InChI is InChI=1S/C17H16ClNOS/c1-11-7-3-6-10-15(11)19-16(20)12(2)21-17(19)13-8-4-5-9-14(13)18/h3-10,12,17H,1-2H3. The van der Waals surface area contributed by atoms with E-state index in [4.69, 9.17) is 11.6 Å². The summed E-state index contributed by atoms with van der Waals surface area (Å²) in [5.74, 6) is 0.138. The fourth-order valence-corrected chi connectivity index (χ4v) is 4.20. The van der Waals surface area contributed by atoms with Crippen LogP contribution in [-0.2, 0) is 4.79 Å². The van der Waals surface area contributed by atoms with Crippen molar-refractivity contribution in [2.75, 3.05) is 4.90 Å². The minimum Gasteiger partial charge on any atom is -0.294 e. The Morgan fingerprint density at radius 1 is 1.10 bits per heavy atom. The molecule has 1 amide bonds. The van der Waals surface area contributed by atoms with Crippen LogP contribution in [0.5, 0.6) is 0 Å². The van der Waals surface area contributed by atoms with Crippen molar-refractivity contribution in [3.05, 3.63) is 64.7 Å². The van der Waals surface area contributed by atoms with Gasteiger partial charge in [0, 0.05) is 16.3 Å². The fraction of sp³-hybridized carbons (Fsp3) is 0.235. The predicted octanol–water partition coefficient (Wildman–Crippen LogP) is 4.82. The van der Waals surface area contributed by atoms with E-state index in [0.29, 0.717) is 5.02 Å². The number of thioether (sulfide) groups is 1. The van der Waals surface area contributed by atoms with Gasteiger partial charge in [-0.1, -0.05) is 48.0 Å². The van der Waals surface area contributed by atoms with E-state index in [-0.39, 0.29) is 16.5 Å². The normalized spacial score (nSPS) is 21.9. The summed E-state index contributed by atoms with van der Waals surface area (Å²) in [7, 11) is 0. The minimum atomic E-state index is -0.0673. The second-order valence-corrected chi connectivity index (χ2v) is 6.98. The topological polar surface area (TPSA) is 20.3 Å². The Bertz CT molecular complexity index is 688. The van der Waals surface area contributed by atoms with E-state index in [2.05, 4.69) is 0 Å². The van der Waals surface area contributed by atoms with E-state index in [1.807, 2.05) is 67.3 Å². The summed E-state index contributed by atoms with van der Waals surface area (Å²) >= 11 is 7.99. The summed E-state index contributed by atoms with van der Waals surface area (Å²) in [5.41, 5.74) is 3.05. The number of halogens is 1. The molecule has 0 N–H and O–H groups in total. The number of nitrogens with zero attached hydrogens (tertiary/aromatic N) is 1. The molecule has 21 heavy (non-hydrogen) atoms. The highest BCUT2D eigenvalue weighted by Crippen LogP contribution is 2.47. The molecule has 0 aromatic heterocycles. The first kappa shape index (κ1) is 14.5. The van der Waals surface area contributed by atoms with Crippen molar-refractivity contribution in [3.8, 4) is 0 Å². The first-order valence-electron chi connectivity index (χ1n) is 6.88. The van der Waals surface area contributed by atoms with Gasteiger partial charge in [-0.2, -0.15) is 0 Å². The van der Waals surface area contributed by atoms with E-state index in [1.54, 1.807) is 11.8 Å². The van der Waals surface area contributed by atoms with Crippen LogP contribution in [0.4, 0.5) is 5.69 Å². The number of para-hydroxylation sites is 1. The van der Waals surface area contributed by atoms with Crippen LogP contribution >= 0.6 is 23.4 Å². The lowest BCUT2D eigenvalue weighted by Crippen LogP contribution is -2.30. The van der Waals surface area contributed by atoms with E-state index >= 15 is 0 Å². The number of carbonyl (C=O) groups excluding carboxylic acids is 1. The Balaban J connectivity index is 2.10. The highest BCUT2D eigenvalue weighted by atomic mass is 35.5. The average molecular weight is 318 g/mol. The van der Waals surface area contributed by atoms with Crippen LogP contribution in [0.25, 0.3) is 0 Å². The Kier molecular flexibility index (Phi) is 3.96. The SMILES string of the molecule is Cc1ccccc1N1C(=O)C(C)SC1c1ccccc1Cl. The maximum Gasteiger partial charge on any atom is 0.241 e. The number of benzene rings is 2. The molecule has 0 aliphatic carbocycles. The van der Waals surface area contributed by atoms with E-state index in [1.165, 1.54) is 0 Å². The summed E-state index contributed by atoms with van der Waals surface area (Å²) in [4.78, 5) is 14.5. The highest BCUT2D eigenvalue weighted by Gasteiger charge is 2.40. The molecule has 1 saturated heterocycles. The molecule has 2 aromatic carbocycles. The zero-order valence-electron chi connectivity index (χ0n) is 11.9. The lowest BCUT2D eigenvalue weighted by Gasteiger charge is -2.26. The van der Waals surface area contributed by atoms with Crippen molar-refractivity contribution in [1.29, 1.82) is 0 Å². The van der Waals surface area contributed by atoms with Gasteiger partial charge in [0.25, 0.3) is 0 Å². The largest absolute Gasteiger partial charge is 0.294 e. The molecule has 1 aliphatic heterocycles. The molecule has 0 saturated carbocycles. The summed E-state index contributed by atoms with van der Waals surface area (Å²) in [5, 5.41) is 0.573. The van der Waals surface area contributed by atoms with Gasteiger partial charge in [0.05, 0.1) is 5.25 Å². The average Bonchev–Trinajstić information content (AvgIpc) is 2.76. The second kappa shape index (κ2) is 5.74. The number of aryl methyl sites for hydroxylation is 1. The van der Waals surface area contributed by atoms with Crippen LogP contribution in [-0.4, -0.2) is 11.2 Å². The van der Waals surface area contributed by atoms with Crippen LogP contribution in [0.3, 0.4) is 0 Å². The van der Waals surface area contributed by atoms with Gasteiger partial charge in [-0.15, -0.1) is 11.8 Å². The summed E-state index contributed by atoms with van der Waals surface area (Å²) in [6.07, 6.45) is 0. The van der Waals surface area contributed by atoms with Crippen molar-refractivity contribution in [2.45, 2.75) is 24.5 Å². The molecule has 2 aromatic rings. The molecule has 2 nitrogen and oxygen atoms in total.